The van der Waals surface area contributed by atoms with Gasteiger partial charge >= 0.3 is 5.97 Å². The van der Waals surface area contributed by atoms with Gasteiger partial charge in [-0.3, -0.25) is 4.79 Å². The topological polar surface area (TPSA) is 61.5 Å². The second kappa shape index (κ2) is 5.87. The quantitative estimate of drug-likeness (QED) is 0.654. The second-order valence-corrected chi connectivity index (χ2v) is 4.75. The Balaban J connectivity index is 1.73. The summed E-state index contributed by atoms with van der Waals surface area (Å²) in [5, 5.41) is 0. The number of rotatable bonds is 4. The molecule has 0 aliphatic carbocycles. The lowest BCUT2D eigenvalue weighted by Gasteiger charge is -2.11. The number of ether oxygens (including phenoxy) is 2. The number of carbonyl (C=O) groups excluding carboxylic acids is 1. The Morgan fingerprint density at radius 1 is 1.39 bits per heavy atom. The third kappa shape index (κ3) is 3.74. The molecule has 0 radical (unpaired) electrons. The van der Waals surface area contributed by atoms with Gasteiger partial charge in [0, 0.05) is 5.69 Å². The molecule has 1 fully saturated rings. The van der Waals surface area contributed by atoms with Crippen LogP contribution in [0.4, 0.5) is 5.69 Å². The molecule has 0 saturated carbocycles. The number of esters is 1. The van der Waals surface area contributed by atoms with E-state index in [1.807, 2.05) is 19.1 Å². The van der Waals surface area contributed by atoms with Crippen LogP contribution in [0.3, 0.4) is 0 Å². The Labute approximate surface area is 107 Å². The monoisotopic (exact) mass is 249 g/mol. The summed E-state index contributed by atoms with van der Waals surface area (Å²) in [6.45, 7) is 2.40. The van der Waals surface area contributed by atoms with Crippen molar-refractivity contribution in [2.24, 2.45) is 0 Å². The average molecular weight is 249 g/mol. The Morgan fingerprint density at radius 2 is 2.11 bits per heavy atom. The molecule has 1 aliphatic rings. The van der Waals surface area contributed by atoms with Crippen molar-refractivity contribution in [1.29, 1.82) is 0 Å². The van der Waals surface area contributed by atoms with Gasteiger partial charge in [-0.05, 0) is 37.5 Å². The summed E-state index contributed by atoms with van der Waals surface area (Å²) in [7, 11) is 0. The van der Waals surface area contributed by atoms with Crippen LogP contribution >= 0.6 is 0 Å². The molecule has 1 saturated heterocycles. The van der Waals surface area contributed by atoms with Crippen molar-refractivity contribution < 1.29 is 14.3 Å². The standard InChI is InChI=1S/C14H19NO3/c1-10-2-7-13(18-10)9-17-14(16)8-11-3-5-12(15)6-4-11/h3-6,10,13H,2,7-9,15H2,1H3. The highest BCUT2D eigenvalue weighted by atomic mass is 16.6. The minimum absolute atomic E-state index is 0.0652. The van der Waals surface area contributed by atoms with Gasteiger partial charge in [-0.1, -0.05) is 12.1 Å². The highest BCUT2D eigenvalue weighted by Gasteiger charge is 2.22. The van der Waals surface area contributed by atoms with E-state index in [-0.39, 0.29) is 24.6 Å². The molecule has 4 heteroatoms. The largest absolute Gasteiger partial charge is 0.463 e. The SMILES string of the molecule is CC1CCC(COC(=O)Cc2ccc(N)cc2)O1. The first kappa shape index (κ1) is 12.9. The van der Waals surface area contributed by atoms with Crippen LogP contribution in [-0.4, -0.2) is 24.8 Å². The normalized spacial score (nSPS) is 22.9. The van der Waals surface area contributed by atoms with Crippen molar-refractivity contribution in [2.75, 3.05) is 12.3 Å². The number of hydrogen-bond donors (Lipinski definition) is 1. The lowest BCUT2D eigenvalue weighted by molar-refractivity contribution is -0.146. The molecule has 1 aliphatic heterocycles. The highest BCUT2D eigenvalue weighted by molar-refractivity contribution is 5.72. The maximum Gasteiger partial charge on any atom is 0.310 e. The summed E-state index contributed by atoms with van der Waals surface area (Å²) >= 11 is 0. The minimum atomic E-state index is -0.220. The number of benzene rings is 1. The van der Waals surface area contributed by atoms with Crippen LogP contribution in [0.1, 0.15) is 25.3 Å². The summed E-state index contributed by atoms with van der Waals surface area (Å²) in [4.78, 5) is 11.6. The number of nitrogen functional groups attached to an aromatic ring is 1. The second-order valence-electron chi connectivity index (χ2n) is 4.75. The Hall–Kier alpha value is -1.55. The maximum atomic E-state index is 11.6. The molecule has 18 heavy (non-hydrogen) atoms. The van der Waals surface area contributed by atoms with Crippen molar-refractivity contribution in [1.82, 2.24) is 0 Å². The first-order valence-electron chi connectivity index (χ1n) is 6.29. The summed E-state index contributed by atoms with van der Waals surface area (Å²) in [6.07, 6.45) is 2.64. The molecule has 2 atom stereocenters. The molecule has 0 spiro atoms. The van der Waals surface area contributed by atoms with E-state index in [1.165, 1.54) is 0 Å². The van der Waals surface area contributed by atoms with E-state index in [2.05, 4.69) is 0 Å². The van der Waals surface area contributed by atoms with Crippen molar-refractivity contribution in [3.8, 4) is 0 Å². The van der Waals surface area contributed by atoms with E-state index in [1.54, 1.807) is 12.1 Å². The molecule has 0 amide bonds. The number of carbonyl (C=O) groups is 1. The predicted molar refractivity (Wildman–Crippen MR) is 69.1 cm³/mol. The zero-order valence-corrected chi connectivity index (χ0v) is 10.6. The summed E-state index contributed by atoms with van der Waals surface area (Å²) in [6, 6.07) is 7.24. The smallest absolute Gasteiger partial charge is 0.310 e. The van der Waals surface area contributed by atoms with Crippen LogP contribution < -0.4 is 5.73 Å². The Kier molecular flexibility index (Phi) is 4.20. The maximum absolute atomic E-state index is 11.6. The molecule has 1 heterocycles. The van der Waals surface area contributed by atoms with Crippen molar-refractivity contribution in [3.63, 3.8) is 0 Å². The van der Waals surface area contributed by atoms with Gasteiger partial charge in [-0.2, -0.15) is 0 Å². The van der Waals surface area contributed by atoms with Crippen molar-refractivity contribution in [3.05, 3.63) is 29.8 Å². The van der Waals surface area contributed by atoms with Gasteiger partial charge in [0.2, 0.25) is 0 Å². The van der Waals surface area contributed by atoms with Crippen LogP contribution in [0.2, 0.25) is 0 Å². The van der Waals surface area contributed by atoms with E-state index < -0.39 is 0 Å². The van der Waals surface area contributed by atoms with Crippen molar-refractivity contribution in [2.45, 2.75) is 38.4 Å². The van der Waals surface area contributed by atoms with E-state index in [0.717, 1.165) is 18.4 Å². The lowest BCUT2D eigenvalue weighted by Crippen LogP contribution is -2.19. The van der Waals surface area contributed by atoms with Gasteiger partial charge in [-0.25, -0.2) is 0 Å². The fraction of sp³-hybridized carbons (Fsp3) is 0.500. The summed E-state index contributed by atoms with van der Waals surface area (Å²) in [5.41, 5.74) is 7.19. The minimum Gasteiger partial charge on any atom is -0.463 e. The molecule has 2 unspecified atom stereocenters. The molecule has 0 aromatic heterocycles. The van der Waals surface area contributed by atoms with E-state index >= 15 is 0 Å². The van der Waals surface area contributed by atoms with Gasteiger partial charge in [0.25, 0.3) is 0 Å². The number of anilines is 1. The first-order valence-corrected chi connectivity index (χ1v) is 6.29. The zero-order valence-electron chi connectivity index (χ0n) is 10.6. The first-order chi connectivity index (χ1) is 8.63. The van der Waals surface area contributed by atoms with Gasteiger partial charge in [0.1, 0.15) is 6.61 Å². The van der Waals surface area contributed by atoms with Crippen LogP contribution in [0.25, 0.3) is 0 Å². The van der Waals surface area contributed by atoms with E-state index in [9.17, 15) is 4.79 Å². The van der Waals surface area contributed by atoms with Crippen LogP contribution in [0.5, 0.6) is 0 Å². The van der Waals surface area contributed by atoms with Gasteiger partial charge in [0.05, 0.1) is 18.6 Å². The Morgan fingerprint density at radius 3 is 2.72 bits per heavy atom. The van der Waals surface area contributed by atoms with Crippen LogP contribution in [-0.2, 0) is 20.7 Å². The number of hydrogen-bond acceptors (Lipinski definition) is 4. The van der Waals surface area contributed by atoms with Crippen molar-refractivity contribution >= 4 is 11.7 Å². The summed E-state index contributed by atoms with van der Waals surface area (Å²) < 4.78 is 10.8. The molecular formula is C14H19NO3. The molecule has 1 aromatic carbocycles. The fourth-order valence-corrected chi connectivity index (χ4v) is 2.05. The number of nitrogens with two attached hydrogens (primary N) is 1. The third-order valence-corrected chi connectivity index (χ3v) is 3.08. The zero-order chi connectivity index (χ0) is 13.0. The van der Waals surface area contributed by atoms with Gasteiger partial charge in [-0.15, -0.1) is 0 Å². The van der Waals surface area contributed by atoms with Crippen LogP contribution in [0.15, 0.2) is 24.3 Å². The van der Waals surface area contributed by atoms with Gasteiger partial charge < -0.3 is 15.2 Å². The van der Waals surface area contributed by atoms with E-state index in [4.69, 9.17) is 15.2 Å². The van der Waals surface area contributed by atoms with E-state index in [0.29, 0.717) is 12.3 Å². The molecular weight excluding hydrogens is 230 g/mol. The van der Waals surface area contributed by atoms with Gasteiger partial charge in [0.15, 0.2) is 0 Å². The third-order valence-electron chi connectivity index (χ3n) is 3.08. The van der Waals surface area contributed by atoms with Crippen LogP contribution in [0, 0.1) is 0 Å². The Bertz CT molecular complexity index is 402. The summed E-state index contributed by atoms with van der Waals surface area (Å²) in [5.74, 6) is -0.220. The average Bonchev–Trinajstić information content (AvgIpc) is 2.76. The fourth-order valence-electron chi connectivity index (χ4n) is 2.05. The molecule has 1 aromatic rings. The highest BCUT2D eigenvalue weighted by Crippen LogP contribution is 2.19. The molecule has 2 N–H and O–H groups in total. The molecule has 98 valence electrons. The molecule has 4 nitrogen and oxygen atoms in total. The molecule has 2 rings (SSSR count). The molecule has 0 bridgehead atoms. The predicted octanol–water partition coefficient (Wildman–Crippen LogP) is 1.92. The lowest BCUT2D eigenvalue weighted by atomic mass is 10.1.